The Morgan fingerprint density at radius 3 is 1.30 bits per heavy atom. The third kappa shape index (κ3) is 6.11. The fourth-order valence-corrected chi connectivity index (χ4v) is 1.41. The van der Waals surface area contributed by atoms with Gasteiger partial charge in [0.15, 0.2) is 0 Å². The van der Waals surface area contributed by atoms with Crippen LogP contribution in [0.5, 0.6) is 11.5 Å². The molecule has 108 valence electrons. The highest BCUT2D eigenvalue weighted by Crippen LogP contribution is 2.22. The van der Waals surface area contributed by atoms with Crippen LogP contribution in [0.15, 0.2) is 48.5 Å². The van der Waals surface area contributed by atoms with Crippen LogP contribution >= 0.6 is 0 Å². The average Bonchev–Trinajstić information content (AvgIpc) is 2.45. The SMILES string of the molecule is CCOCC.Nc1ccc(Oc2ccc(N)cc2)cc1. The van der Waals surface area contributed by atoms with Crippen molar-refractivity contribution in [2.45, 2.75) is 13.8 Å². The van der Waals surface area contributed by atoms with Gasteiger partial charge in [-0.2, -0.15) is 0 Å². The summed E-state index contributed by atoms with van der Waals surface area (Å²) in [7, 11) is 0. The summed E-state index contributed by atoms with van der Waals surface area (Å²) < 4.78 is 10.4. The molecule has 0 amide bonds. The van der Waals surface area contributed by atoms with E-state index in [9.17, 15) is 0 Å². The van der Waals surface area contributed by atoms with E-state index in [1.807, 2.05) is 38.1 Å². The smallest absolute Gasteiger partial charge is 0.127 e. The molecule has 0 spiro atoms. The van der Waals surface area contributed by atoms with Crippen molar-refractivity contribution in [2.75, 3.05) is 24.7 Å². The number of hydrogen-bond donors (Lipinski definition) is 2. The average molecular weight is 274 g/mol. The fraction of sp³-hybridized carbons (Fsp3) is 0.250. The van der Waals surface area contributed by atoms with Crippen molar-refractivity contribution in [3.63, 3.8) is 0 Å². The van der Waals surface area contributed by atoms with Gasteiger partial charge in [0.25, 0.3) is 0 Å². The van der Waals surface area contributed by atoms with Crippen LogP contribution in [-0.2, 0) is 4.74 Å². The number of anilines is 2. The molecule has 0 atom stereocenters. The monoisotopic (exact) mass is 274 g/mol. The summed E-state index contributed by atoms with van der Waals surface area (Å²) in [5, 5.41) is 0. The van der Waals surface area contributed by atoms with Crippen molar-refractivity contribution in [2.24, 2.45) is 0 Å². The van der Waals surface area contributed by atoms with Crippen LogP contribution in [-0.4, -0.2) is 13.2 Å². The lowest BCUT2D eigenvalue weighted by Gasteiger charge is -2.05. The molecule has 0 aromatic heterocycles. The number of ether oxygens (including phenoxy) is 2. The van der Waals surface area contributed by atoms with Gasteiger partial charge in [0.2, 0.25) is 0 Å². The van der Waals surface area contributed by atoms with Crippen molar-refractivity contribution in [3.05, 3.63) is 48.5 Å². The molecular weight excluding hydrogens is 252 g/mol. The van der Waals surface area contributed by atoms with Gasteiger partial charge in [-0.25, -0.2) is 0 Å². The van der Waals surface area contributed by atoms with Crippen molar-refractivity contribution < 1.29 is 9.47 Å². The molecule has 4 heteroatoms. The minimum absolute atomic E-state index is 0.722. The number of benzene rings is 2. The van der Waals surface area contributed by atoms with E-state index in [2.05, 4.69) is 0 Å². The van der Waals surface area contributed by atoms with Crippen molar-refractivity contribution in [3.8, 4) is 11.5 Å². The van der Waals surface area contributed by atoms with Crippen LogP contribution < -0.4 is 16.2 Å². The molecule has 0 heterocycles. The molecule has 0 saturated heterocycles. The first-order valence-electron chi connectivity index (χ1n) is 6.62. The summed E-state index contributed by atoms with van der Waals surface area (Å²) in [6, 6.07) is 14.5. The molecule has 2 aromatic carbocycles. The Balaban J connectivity index is 0.000000347. The van der Waals surface area contributed by atoms with Crippen molar-refractivity contribution in [1.82, 2.24) is 0 Å². The molecule has 4 N–H and O–H groups in total. The number of hydrogen-bond acceptors (Lipinski definition) is 4. The van der Waals surface area contributed by atoms with Crippen molar-refractivity contribution in [1.29, 1.82) is 0 Å². The van der Waals surface area contributed by atoms with Gasteiger partial charge >= 0.3 is 0 Å². The highest BCUT2D eigenvalue weighted by Gasteiger charge is 1.96. The molecule has 0 saturated carbocycles. The van der Waals surface area contributed by atoms with E-state index >= 15 is 0 Å². The maximum absolute atomic E-state index is 5.58. The van der Waals surface area contributed by atoms with Crippen LogP contribution in [0.1, 0.15) is 13.8 Å². The molecule has 0 aliphatic rings. The maximum atomic E-state index is 5.58. The zero-order valence-corrected chi connectivity index (χ0v) is 12.0. The molecule has 2 aromatic rings. The molecule has 0 bridgehead atoms. The first kappa shape index (κ1) is 15.9. The van der Waals surface area contributed by atoms with E-state index in [0.29, 0.717) is 0 Å². The summed E-state index contributed by atoms with van der Waals surface area (Å²) in [5.41, 5.74) is 12.6. The van der Waals surface area contributed by atoms with E-state index in [-0.39, 0.29) is 0 Å². The Hall–Kier alpha value is -2.20. The van der Waals surface area contributed by atoms with E-state index in [1.54, 1.807) is 24.3 Å². The maximum Gasteiger partial charge on any atom is 0.127 e. The topological polar surface area (TPSA) is 70.5 Å². The van der Waals surface area contributed by atoms with Crippen LogP contribution in [0.2, 0.25) is 0 Å². The molecule has 20 heavy (non-hydrogen) atoms. The largest absolute Gasteiger partial charge is 0.457 e. The van der Waals surface area contributed by atoms with E-state index in [4.69, 9.17) is 20.9 Å². The molecule has 0 aliphatic carbocycles. The molecule has 2 rings (SSSR count). The van der Waals surface area contributed by atoms with Gasteiger partial charge in [0, 0.05) is 24.6 Å². The first-order chi connectivity index (χ1) is 9.65. The normalized spacial score (nSPS) is 9.50. The van der Waals surface area contributed by atoms with Gasteiger partial charge in [0.05, 0.1) is 0 Å². The minimum atomic E-state index is 0.722. The molecule has 0 aliphatic heterocycles. The van der Waals surface area contributed by atoms with Crippen molar-refractivity contribution >= 4 is 11.4 Å². The van der Waals surface area contributed by atoms with Crippen LogP contribution in [0.25, 0.3) is 0 Å². The fourth-order valence-electron chi connectivity index (χ4n) is 1.41. The molecule has 4 nitrogen and oxygen atoms in total. The highest BCUT2D eigenvalue weighted by molar-refractivity contribution is 5.45. The lowest BCUT2D eigenvalue weighted by molar-refractivity contribution is 0.162. The van der Waals surface area contributed by atoms with Crippen LogP contribution in [0.4, 0.5) is 11.4 Å². The van der Waals surface area contributed by atoms with E-state index in [1.165, 1.54) is 0 Å². The lowest BCUT2D eigenvalue weighted by atomic mass is 10.3. The standard InChI is InChI=1S/C12H12N2O.C4H10O/c13-9-1-5-11(6-2-9)15-12-7-3-10(14)4-8-12;1-3-5-4-2/h1-8H,13-14H2;3-4H2,1-2H3. The molecule has 0 radical (unpaired) electrons. The zero-order valence-electron chi connectivity index (χ0n) is 12.0. The van der Waals surface area contributed by atoms with Crippen LogP contribution in [0.3, 0.4) is 0 Å². The first-order valence-corrected chi connectivity index (χ1v) is 6.62. The predicted octanol–water partition coefficient (Wildman–Crippen LogP) is 3.69. The summed E-state index contributed by atoms with van der Waals surface area (Å²) in [6.07, 6.45) is 0. The van der Waals surface area contributed by atoms with Gasteiger partial charge in [-0.1, -0.05) is 0 Å². The Kier molecular flexibility index (Phi) is 7.00. The number of nitrogen functional groups attached to an aromatic ring is 2. The number of rotatable bonds is 4. The van der Waals surface area contributed by atoms with E-state index < -0.39 is 0 Å². The third-order valence-electron chi connectivity index (χ3n) is 2.40. The second kappa shape index (κ2) is 8.82. The lowest BCUT2D eigenvalue weighted by Crippen LogP contribution is -1.87. The zero-order chi connectivity index (χ0) is 14.8. The van der Waals surface area contributed by atoms with Gasteiger partial charge in [0.1, 0.15) is 11.5 Å². The van der Waals surface area contributed by atoms with Gasteiger partial charge in [-0.15, -0.1) is 0 Å². The van der Waals surface area contributed by atoms with Crippen LogP contribution in [0, 0.1) is 0 Å². The predicted molar refractivity (Wildman–Crippen MR) is 83.9 cm³/mol. The van der Waals surface area contributed by atoms with Gasteiger partial charge in [-0.3, -0.25) is 0 Å². The number of nitrogens with two attached hydrogens (primary N) is 2. The third-order valence-corrected chi connectivity index (χ3v) is 2.40. The molecule has 0 fully saturated rings. The highest BCUT2D eigenvalue weighted by atomic mass is 16.5. The Labute approximate surface area is 120 Å². The second-order valence-electron chi connectivity index (χ2n) is 4.02. The summed E-state index contributed by atoms with van der Waals surface area (Å²) in [6.45, 7) is 5.67. The van der Waals surface area contributed by atoms with Gasteiger partial charge < -0.3 is 20.9 Å². The minimum Gasteiger partial charge on any atom is -0.457 e. The Morgan fingerprint density at radius 2 is 1.05 bits per heavy atom. The summed E-state index contributed by atoms with van der Waals surface area (Å²) in [5.74, 6) is 1.52. The summed E-state index contributed by atoms with van der Waals surface area (Å²) >= 11 is 0. The Morgan fingerprint density at radius 1 is 0.700 bits per heavy atom. The molecular formula is C16H22N2O2. The van der Waals surface area contributed by atoms with E-state index in [0.717, 1.165) is 36.1 Å². The second-order valence-corrected chi connectivity index (χ2v) is 4.02. The quantitative estimate of drug-likeness (QED) is 0.834. The molecule has 0 unspecified atom stereocenters. The Bertz CT molecular complexity index is 435. The van der Waals surface area contributed by atoms with Gasteiger partial charge in [-0.05, 0) is 62.4 Å². The summed E-state index contributed by atoms with van der Waals surface area (Å²) in [4.78, 5) is 0.